The van der Waals surface area contributed by atoms with E-state index < -0.39 is 0 Å². The summed E-state index contributed by atoms with van der Waals surface area (Å²) in [5.74, 6) is 1.04. The van der Waals surface area contributed by atoms with Crippen LogP contribution in [0, 0.1) is 0 Å². The van der Waals surface area contributed by atoms with E-state index in [0.717, 1.165) is 22.4 Å². The van der Waals surface area contributed by atoms with E-state index in [2.05, 4.69) is 49.5 Å². The number of hydrogen-bond donors (Lipinski definition) is 1. The summed E-state index contributed by atoms with van der Waals surface area (Å²) in [7, 11) is 3.55. The number of methoxy groups -OCH3 is 1. The number of para-hydroxylation sites is 1. The summed E-state index contributed by atoms with van der Waals surface area (Å²) in [6, 6.07) is 16.5. The van der Waals surface area contributed by atoms with E-state index in [-0.39, 0.29) is 11.9 Å². The topological polar surface area (TPSA) is 41.6 Å². The number of amides is 1. The Morgan fingerprint density at radius 3 is 2.40 bits per heavy atom. The molecule has 0 aromatic heterocycles. The molecular formula is C21H28N2O2. The molecule has 0 saturated carbocycles. The molecule has 0 atom stereocenters. The van der Waals surface area contributed by atoms with Crippen LogP contribution in [0.5, 0.6) is 5.75 Å². The maximum absolute atomic E-state index is 12.4. The van der Waals surface area contributed by atoms with Crippen LogP contribution in [0.25, 0.3) is 11.1 Å². The van der Waals surface area contributed by atoms with Gasteiger partial charge in [0, 0.05) is 31.1 Å². The predicted molar refractivity (Wildman–Crippen MR) is 103 cm³/mol. The molecule has 2 rings (SSSR count). The van der Waals surface area contributed by atoms with E-state index in [1.165, 1.54) is 0 Å². The molecule has 134 valence electrons. The molecule has 0 aliphatic heterocycles. The first-order valence-electron chi connectivity index (χ1n) is 8.73. The van der Waals surface area contributed by atoms with Crippen LogP contribution < -0.4 is 10.1 Å². The molecule has 0 radical (unpaired) electrons. The average molecular weight is 340 g/mol. The molecular weight excluding hydrogens is 312 g/mol. The van der Waals surface area contributed by atoms with Crippen LogP contribution in [-0.4, -0.2) is 37.6 Å². The van der Waals surface area contributed by atoms with Gasteiger partial charge in [0.2, 0.25) is 5.91 Å². The molecule has 2 aromatic rings. The Morgan fingerprint density at radius 2 is 1.80 bits per heavy atom. The van der Waals surface area contributed by atoms with Crippen LogP contribution in [0.1, 0.15) is 25.8 Å². The normalized spacial score (nSPS) is 10.8. The molecule has 0 aliphatic rings. The maximum Gasteiger partial charge on any atom is 0.224 e. The molecule has 1 amide bonds. The predicted octanol–water partition coefficient (Wildman–Crippen LogP) is 3.71. The lowest BCUT2D eigenvalue weighted by atomic mass is 10.0. The fourth-order valence-electron chi connectivity index (χ4n) is 2.80. The van der Waals surface area contributed by atoms with Crippen molar-refractivity contribution < 1.29 is 9.53 Å². The summed E-state index contributed by atoms with van der Waals surface area (Å²) in [6.45, 7) is 5.45. The van der Waals surface area contributed by atoms with Crippen LogP contribution in [0.4, 0.5) is 0 Å². The van der Waals surface area contributed by atoms with E-state index in [0.29, 0.717) is 19.5 Å². The quantitative estimate of drug-likeness (QED) is 0.796. The zero-order valence-corrected chi connectivity index (χ0v) is 15.6. The third-order valence-electron chi connectivity index (χ3n) is 4.26. The summed E-state index contributed by atoms with van der Waals surface area (Å²) in [5.41, 5.74) is 3.31. The van der Waals surface area contributed by atoms with Crippen molar-refractivity contribution in [2.45, 2.75) is 32.9 Å². The molecule has 0 bridgehead atoms. The number of nitrogens with zero attached hydrogens (tertiary/aromatic N) is 1. The highest BCUT2D eigenvalue weighted by Gasteiger charge is 2.16. The number of benzene rings is 2. The standard InChI is InChI=1S/C21H28N2O2/c1-16(2)23(21(24)13-14-22-3)15-17-9-11-18(12-10-17)19-7-5-6-8-20(19)25-4/h5-12,16,22H,13-15H2,1-4H3. The molecule has 4 nitrogen and oxygen atoms in total. The number of rotatable bonds is 8. The molecule has 0 heterocycles. The number of nitrogens with one attached hydrogen (secondary N) is 1. The molecule has 1 N–H and O–H groups in total. The van der Waals surface area contributed by atoms with Gasteiger partial charge in [0.05, 0.1) is 7.11 Å². The monoisotopic (exact) mass is 340 g/mol. The molecule has 0 saturated heterocycles. The fraction of sp³-hybridized carbons (Fsp3) is 0.381. The fourth-order valence-corrected chi connectivity index (χ4v) is 2.80. The minimum atomic E-state index is 0.179. The second-order valence-electron chi connectivity index (χ2n) is 6.37. The summed E-state index contributed by atoms with van der Waals surface area (Å²) in [6.07, 6.45) is 0.522. The van der Waals surface area contributed by atoms with Crippen molar-refractivity contribution in [1.29, 1.82) is 0 Å². The largest absolute Gasteiger partial charge is 0.496 e. The Kier molecular flexibility index (Phi) is 7.02. The molecule has 0 unspecified atom stereocenters. The lowest BCUT2D eigenvalue weighted by Crippen LogP contribution is -2.37. The zero-order chi connectivity index (χ0) is 18.2. The van der Waals surface area contributed by atoms with Gasteiger partial charge in [-0.2, -0.15) is 0 Å². The third kappa shape index (κ3) is 5.07. The van der Waals surface area contributed by atoms with Crippen LogP contribution >= 0.6 is 0 Å². The molecule has 0 spiro atoms. The zero-order valence-electron chi connectivity index (χ0n) is 15.6. The Hall–Kier alpha value is -2.33. The van der Waals surface area contributed by atoms with Gasteiger partial charge in [-0.25, -0.2) is 0 Å². The number of carbonyl (C=O) groups is 1. The Morgan fingerprint density at radius 1 is 1.12 bits per heavy atom. The van der Waals surface area contributed by atoms with Crippen LogP contribution in [0.15, 0.2) is 48.5 Å². The summed E-state index contributed by atoms with van der Waals surface area (Å²) >= 11 is 0. The van der Waals surface area contributed by atoms with Crippen molar-refractivity contribution in [2.75, 3.05) is 20.7 Å². The molecule has 25 heavy (non-hydrogen) atoms. The smallest absolute Gasteiger partial charge is 0.224 e. The second kappa shape index (κ2) is 9.23. The summed E-state index contributed by atoms with van der Waals surface area (Å²) < 4.78 is 5.44. The maximum atomic E-state index is 12.4. The number of carbonyl (C=O) groups excluding carboxylic acids is 1. The van der Waals surface area contributed by atoms with Crippen LogP contribution in [-0.2, 0) is 11.3 Å². The van der Waals surface area contributed by atoms with E-state index in [1.807, 2.05) is 30.1 Å². The van der Waals surface area contributed by atoms with Gasteiger partial charge in [-0.15, -0.1) is 0 Å². The van der Waals surface area contributed by atoms with Crippen molar-refractivity contribution in [2.24, 2.45) is 0 Å². The highest BCUT2D eigenvalue weighted by Crippen LogP contribution is 2.29. The van der Waals surface area contributed by atoms with E-state index in [1.54, 1.807) is 7.11 Å². The molecule has 0 aliphatic carbocycles. The Labute approximate surface area is 150 Å². The first kappa shape index (κ1) is 19.0. The van der Waals surface area contributed by atoms with Crippen molar-refractivity contribution in [3.8, 4) is 16.9 Å². The molecule has 2 aromatic carbocycles. The van der Waals surface area contributed by atoms with Gasteiger partial charge < -0.3 is 15.0 Å². The van der Waals surface area contributed by atoms with Crippen molar-refractivity contribution in [1.82, 2.24) is 10.2 Å². The number of hydrogen-bond acceptors (Lipinski definition) is 3. The van der Waals surface area contributed by atoms with Crippen molar-refractivity contribution in [3.05, 3.63) is 54.1 Å². The Balaban J connectivity index is 2.14. The summed E-state index contributed by atoms with van der Waals surface area (Å²) in [5, 5.41) is 3.03. The van der Waals surface area contributed by atoms with Gasteiger partial charge in [0.25, 0.3) is 0 Å². The minimum Gasteiger partial charge on any atom is -0.496 e. The first-order chi connectivity index (χ1) is 12.1. The molecule has 0 fully saturated rings. The van der Waals surface area contributed by atoms with Gasteiger partial charge in [-0.3, -0.25) is 4.79 Å². The SMILES string of the molecule is CNCCC(=O)N(Cc1ccc(-c2ccccc2OC)cc1)C(C)C. The molecule has 4 heteroatoms. The highest BCUT2D eigenvalue weighted by atomic mass is 16.5. The van der Waals surface area contributed by atoms with Gasteiger partial charge in [0.1, 0.15) is 5.75 Å². The average Bonchev–Trinajstić information content (AvgIpc) is 2.64. The van der Waals surface area contributed by atoms with Crippen molar-refractivity contribution >= 4 is 5.91 Å². The van der Waals surface area contributed by atoms with E-state index in [4.69, 9.17) is 4.74 Å². The Bertz CT molecular complexity index is 681. The lowest BCUT2D eigenvalue weighted by molar-refractivity contribution is -0.133. The van der Waals surface area contributed by atoms with Gasteiger partial charge in [0.15, 0.2) is 0 Å². The second-order valence-corrected chi connectivity index (χ2v) is 6.37. The number of ether oxygens (including phenoxy) is 1. The summed E-state index contributed by atoms with van der Waals surface area (Å²) in [4.78, 5) is 14.3. The van der Waals surface area contributed by atoms with Crippen molar-refractivity contribution in [3.63, 3.8) is 0 Å². The highest BCUT2D eigenvalue weighted by molar-refractivity contribution is 5.76. The third-order valence-corrected chi connectivity index (χ3v) is 4.26. The van der Waals surface area contributed by atoms with Crippen LogP contribution in [0.3, 0.4) is 0 Å². The van der Waals surface area contributed by atoms with Gasteiger partial charge >= 0.3 is 0 Å². The van der Waals surface area contributed by atoms with E-state index >= 15 is 0 Å². The lowest BCUT2D eigenvalue weighted by Gasteiger charge is -2.27. The minimum absolute atomic E-state index is 0.179. The van der Waals surface area contributed by atoms with Crippen LogP contribution in [0.2, 0.25) is 0 Å². The van der Waals surface area contributed by atoms with Gasteiger partial charge in [-0.05, 0) is 38.1 Å². The van der Waals surface area contributed by atoms with Gasteiger partial charge in [-0.1, -0.05) is 42.5 Å². The first-order valence-corrected chi connectivity index (χ1v) is 8.73. The van der Waals surface area contributed by atoms with E-state index in [9.17, 15) is 4.79 Å².